The maximum absolute atomic E-state index is 13.1. The molecule has 1 aromatic heterocycles. The fraction of sp³-hybridized carbons (Fsp3) is 0.519. The number of hydrogen-bond donors (Lipinski definition) is 2. The first-order chi connectivity index (χ1) is 16.6. The number of carbonyl (C=O) groups is 1. The number of rotatable bonds is 6. The summed E-state index contributed by atoms with van der Waals surface area (Å²) >= 11 is 6.18. The summed E-state index contributed by atoms with van der Waals surface area (Å²) in [6.45, 7) is 10.3. The van der Waals surface area contributed by atoms with Crippen LogP contribution in [0.15, 0.2) is 36.5 Å². The molecular weight excluding hydrogens is 464 g/mol. The highest BCUT2D eigenvalue weighted by Gasteiger charge is 2.64. The molecule has 1 aliphatic heterocycles. The number of piperidine rings is 1. The number of aliphatic hydroxyl groups excluding tert-OH is 1. The minimum Gasteiger partial charge on any atom is -0.489 e. The Morgan fingerprint density at radius 3 is 2.46 bits per heavy atom. The highest BCUT2D eigenvalue weighted by Crippen LogP contribution is 2.55. The summed E-state index contributed by atoms with van der Waals surface area (Å²) in [7, 11) is 0. The number of nitrogens with one attached hydrogen (secondary N) is 1. The Morgan fingerprint density at radius 2 is 1.91 bits per heavy atom. The average Bonchev–Trinajstić information content (AvgIpc) is 2.85. The molecule has 2 heterocycles. The molecular formula is C27H33ClN4O3. The van der Waals surface area contributed by atoms with Crippen molar-refractivity contribution >= 4 is 23.3 Å². The fourth-order valence-corrected chi connectivity index (χ4v) is 6.08. The second-order valence-corrected chi connectivity index (χ2v) is 11.2. The predicted octanol–water partition coefficient (Wildman–Crippen LogP) is 4.43. The van der Waals surface area contributed by atoms with Gasteiger partial charge in [-0.05, 0) is 43.0 Å². The van der Waals surface area contributed by atoms with E-state index in [1.807, 2.05) is 12.1 Å². The van der Waals surface area contributed by atoms with E-state index in [9.17, 15) is 9.90 Å². The van der Waals surface area contributed by atoms with Gasteiger partial charge >= 0.3 is 0 Å². The molecule has 1 amide bonds. The number of hydrogen-bond acceptors (Lipinski definition) is 6. The summed E-state index contributed by atoms with van der Waals surface area (Å²) < 4.78 is 6.30. The van der Waals surface area contributed by atoms with Crippen LogP contribution in [0.5, 0.6) is 5.75 Å². The van der Waals surface area contributed by atoms with Gasteiger partial charge in [-0.15, -0.1) is 0 Å². The molecule has 1 aliphatic carbocycles. The molecule has 0 bridgehead atoms. The highest BCUT2D eigenvalue weighted by molar-refractivity contribution is 6.31. The summed E-state index contributed by atoms with van der Waals surface area (Å²) in [4.78, 5) is 19.8. The number of pyridine rings is 1. The Bertz CT molecular complexity index is 1100. The van der Waals surface area contributed by atoms with Crippen LogP contribution in [0.2, 0.25) is 5.02 Å². The molecule has 1 saturated heterocycles. The van der Waals surface area contributed by atoms with Crippen molar-refractivity contribution < 1.29 is 14.6 Å². The van der Waals surface area contributed by atoms with E-state index in [1.165, 1.54) is 0 Å². The van der Waals surface area contributed by atoms with Gasteiger partial charge in [-0.2, -0.15) is 5.26 Å². The number of nitrogens with zero attached hydrogens (tertiary/aromatic N) is 3. The molecule has 186 valence electrons. The standard InChI is InChI=1S/C27H33ClN4O3/c1-26(2)24(27(3,4)25(26)35-20-7-5-18(14-29)21(28)13-20)31-23(34)19-6-8-22(30-15-19)32-11-9-17(16-33)10-12-32/h5-8,13,15,17,24-25,33H,9-12,16H2,1-4H3,(H,31,34)/t24-,25-. The van der Waals surface area contributed by atoms with Crippen molar-refractivity contribution in [1.29, 1.82) is 5.26 Å². The normalized spacial score (nSPS) is 23.2. The Balaban J connectivity index is 1.40. The highest BCUT2D eigenvalue weighted by atomic mass is 35.5. The summed E-state index contributed by atoms with van der Waals surface area (Å²) in [6.07, 6.45) is 3.37. The summed E-state index contributed by atoms with van der Waals surface area (Å²) in [6, 6.07) is 10.7. The van der Waals surface area contributed by atoms with Crippen molar-refractivity contribution in [2.24, 2.45) is 16.7 Å². The third-order valence-corrected chi connectivity index (χ3v) is 7.95. The number of anilines is 1. The lowest BCUT2D eigenvalue weighted by atomic mass is 9.49. The minimum absolute atomic E-state index is 0.112. The van der Waals surface area contributed by atoms with Crippen molar-refractivity contribution in [2.45, 2.75) is 52.7 Å². The summed E-state index contributed by atoms with van der Waals surface area (Å²) in [5.74, 6) is 1.67. The van der Waals surface area contributed by atoms with E-state index in [0.717, 1.165) is 31.7 Å². The van der Waals surface area contributed by atoms with E-state index in [0.29, 0.717) is 27.8 Å². The number of halogens is 1. The third kappa shape index (κ3) is 4.82. The number of aromatic nitrogens is 1. The molecule has 4 rings (SSSR count). The lowest BCUT2D eigenvalue weighted by molar-refractivity contribution is -0.164. The number of amides is 1. The van der Waals surface area contributed by atoms with Crippen LogP contribution in [0.1, 0.15) is 56.5 Å². The Morgan fingerprint density at radius 1 is 1.23 bits per heavy atom. The van der Waals surface area contributed by atoms with E-state index in [-0.39, 0.29) is 35.5 Å². The van der Waals surface area contributed by atoms with Crippen LogP contribution in [-0.2, 0) is 0 Å². The number of benzene rings is 1. The molecule has 1 saturated carbocycles. The van der Waals surface area contributed by atoms with Gasteiger partial charge in [0.2, 0.25) is 0 Å². The zero-order chi connectivity index (χ0) is 25.4. The van der Waals surface area contributed by atoms with E-state index in [2.05, 4.69) is 49.0 Å². The molecule has 7 nitrogen and oxygen atoms in total. The Labute approximate surface area is 212 Å². The minimum atomic E-state index is -0.329. The fourth-order valence-electron chi connectivity index (χ4n) is 5.86. The van der Waals surface area contributed by atoms with Crippen molar-refractivity contribution in [1.82, 2.24) is 10.3 Å². The Kier molecular flexibility index (Phi) is 6.99. The molecule has 2 aromatic rings. The molecule has 35 heavy (non-hydrogen) atoms. The SMILES string of the molecule is CC1(C)[C@H](NC(=O)c2ccc(N3CCC(CO)CC3)nc2)C(C)(C)[C@H]1Oc1ccc(C#N)c(Cl)c1. The molecule has 8 heteroatoms. The van der Waals surface area contributed by atoms with Crippen molar-refractivity contribution in [2.75, 3.05) is 24.6 Å². The van der Waals surface area contributed by atoms with Gasteiger partial charge in [0.15, 0.2) is 0 Å². The molecule has 2 N–H and O–H groups in total. The first-order valence-corrected chi connectivity index (χ1v) is 12.4. The van der Waals surface area contributed by atoms with Gasteiger partial charge < -0.3 is 20.1 Å². The quantitative estimate of drug-likeness (QED) is 0.614. The second kappa shape index (κ2) is 9.67. The van der Waals surface area contributed by atoms with E-state index in [1.54, 1.807) is 24.4 Å². The molecule has 0 unspecified atom stereocenters. The van der Waals surface area contributed by atoms with E-state index < -0.39 is 0 Å². The summed E-state index contributed by atoms with van der Waals surface area (Å²) in [5, 5.41) is 22.0. The van der Waals surface area contributed by atoms with Crippen molar-refractivity contribution in [3.63, 3.8) is 0 Å². The monoisotopic (exact) mass is 496 g/mol. The van der Waals surface area contributed by atoms with Crippen molar-refractivity contribution in [3.8, 4) is 11.8 Å². The second-order valence-electron chi connectivity index (χ2n) is 10.8. The first kappa shape index (κ1) is 25.3. The molecule has 0 spiro atoms. The number of nitriles is 1. The number of ether oxygens (including phenoxy) is 1. The van der Waals surface area contributed by atoms with E-state index in [4.69, 9.17) is 21.6 Å². The molecule has 2 fully saturated rings. The van der Waals surface area contributed by atoms with Gasteiger partial charge in [0.25, 0.3) is 5.91 Å². The predicted molar refractivity (Wildman–Crippen MR) is 136 cm³/mol. The topological polar surface area (TPSA) is 98.5 Å². The summed E-state index contributed by atoms with van der Waals surface area (Å²) in [5.41, 5.74) is 0.271. The smallest absolute Gasteiger partial charge is 0.253 e. The lowest BCUT2D eigenvalue weighted by Crippen LogP contribution is -2.74. The average molecular weight is 497 g/mol. The van der Waals surface area contributed by atoms with Crippen LogP contribution in [0.3, 0.4) is 0 Å². The van der Waals surface area contributed by atoms with Crippen LogP contribution >= 0.6 is 11.6 Å². The third-order valence-electron chi connectivity index (χ3n) is 7.64. The van der Waals surface area contributed by atoms with Crippen LogP contribution in [0.25, 0.3) is 0 Å². The van der Waals surface area contributed by atoms with Crippen LogP contribution in [0.4, 0.5) is 5.82 Å². The first-order valence-electron chi connectivity index (χ1n) is 12.1. The largest absolute Gasteiger partial charge is 0.489 e. The van der Waals surface area contributed by atoms with Gasteiger partial charge in [-0.3, -0.25) is 4.79 Å². The lowest BCUT2D eigenvalue weighted by Gasteiger charge is -2.63. The maximum Gasteiger partial charge on any atom is 0.253 e. The van der Waals surface area contributed by atoms with Gasteiger partial charge in [-0.25, -0.2) is 4.98 Å². The Hall–Kier alpha value is -2.82. The van der Waals surface area contributed by atoms with Gasteiger partial charge in [0, 0.05) is 48.8 Å². The zero-order valence-corrected chi connectivity index (χ0v) is 21.5. The number of aliphatic hydroxyl groups is 1. The molecule has 1 aromatic carbocycles. The van der Waals surface area contributed by atoms with Gasteiger partial charge in [0.1, 0.15) is 23.7 Å². The molecule has 0 radical (unpaired) electrons. The van der Waals surface area contributed by atoms with Crippen molar-refractivity contribution in [3.05, 3.63) is 52.7 Å². The maximum atomic E-state index is 13.1. The number of carbonyl (C=O) groups excluding carboxylic acids is 1. The molecule has 0 atom stereocenters. The zero-order valence-electron chi connectivity index (χ0n) is 20.7. The van der Waals surface area contributed by atoms with Crippen LogP contribution in [0, 0.1) is 28.1 Å². The molecule has 2 aliphatic rings. The van der Waals surface area contributed by atoms with Crippen LogP contribution in [-0.4, -0.2) is 47.8 Å². The van der Waals surface area contributed by atoms with Crippen LogP contribution < -0.4 is 15.0 Å². The van der Waals surface area contributed by atoms with E-state index >= 15 is 0 Å². The van der Waals surface area contributed by atoms with Gasteiger partial charge in [-0.1, -0.05) is 39.3 Å². The van der Waals surface area contributed by atoms with Gasteiger partial charge in [0.05, 0.1) is 16.1 Å².